The lowest BCUT2D eigenvalue weighted by atomic mass is 9.42. The van der Waals surface area contributed by atoms with Crippen LogP contribution in [0.1, 0.15) is 98.8 Å². The van der Waals surface area contributed by atoms with Gasteiger partial charge in [0, 0.05) is 11.8 Å². The summed E-state index contributed by atoms with van der Waals surface area (Å²) in [6, 6.07) is 0. The maximum atomic E-state index is 14.1. The first-order valence-corrected chi connectivity index (χ1v) is 16.9. The van der Waals surface area contributed by atoms with Crippen molar-refractivity contribution in [2.24, 2.45) is 52.3 Å². The summed E-state index contributed by atoms with van der Waals surface area (Å²) >= 11 is 2.36. The molecule has 4 saturated carbocycles. The number of fused-ring (bicyclic) bond motifs is 5. The zero-order valence-corrected chi connectivity index (χ0v) is 23.0. The summed E-state index contributed by atoms with van der Waals surface area (Å²) in [5.74, 6) is 4.74. The van der Waals surface area contributed by atoms with Gasteiger partial charge in [0.1, 0.15) is 5.78 Å². The van der Waals surface area contributed by atoms with Gasteiger partial charge in [-0.25, -0.2) is 0 Å². The second-order valence-corrected chi connectivity index (χ2v) is 13.6. The van der Waals surface area contributed by atoms with Crippen LogP contribution in [0.2, 0.25) is 0 Å². The highest BCUT2D eigenvalue weighted by Gasteiger charge is 2.65. The Balaban J connectivity index is 1.64. The van der Waals surface area contributed by atoms with Crippen LogP contribution in [-0.2, 0) is 9.32 Å². The van der Waals surface area contributed by atoms with Gasteiger partial charge < -0.3 is 4.52 Å². The minimum absolute atomic E-state index is 0.273. The zero-order valence-electron chi connectivity index (χ0n) is 19.9. The average Bonchev–Trinajstić information content (AvgIpc) is 3.07. The molecule has 11 atom stereocenters. The fourth-order valence-corrected chi connectivity index (χ4v) is 10.8. The maximum Gasteiger partial charge on any atom is 0.139 e. The normalized spacial score (nSPS) is 49.7. The van der Waals surface area contributed by atoms with Gasteiger partial charge in [-0.3, -0.25) is 4.79 Å². The van der Waals surface area contributed by atoms with E-state index in [0.29, 0.717) is 52.8 Å². The second kappa shape index (κ2) is 9.21. The van der Waals surface area contributed by atoms with Crippen LogP contribution in [0.4, 0.5) is 0 Å². The van der Waals surface area contributed by atoms with E-state index in [4.69, 9.17) is 4.52 Å². The van der Waals surface area contributed by atoms with Crippen molar-refractivity contribution in [1.82, 2.24) is 0 Å². The van der Waals surface area contributed by atoms with E-state index in [-0.39, 0.29) is 5.92 Å². The Morgan fingerprint density at radius 1 is 1.07 bits per heavy atom. The van der Waals surface area contributed by atoms with E-state index in [1.807, 2.05) is 0 Å². The van der Waals surface area contributed by atoms with Crippen LogP contribution >= 0.6 is 28.5 Å². The van der Waals surface area contributed by atoms with Crippen molar-refractivity contribution < 1.29 is 9.32 Å². The highest BCUT2D eigenvalue weighted by Crippen LogP contribution is 2.68. The number of carbonyl (C=O) groups excluding carboxylic acids is 1. The molecule has 2 nitrogen and oxygen atoms in total. The quantitative estimate of drug-likeness (QED) is 0.248. The molecule has 4 aliphatic carbocycles. The molecule has 0 aromatic rings. The zero-order chi connectivity index (χ0) is 21.7. The van der Waals surface area contributed by atoms with Gasteiger partial charge in [0.2, 0.25) is 0 Å². The van der Waals surface area contributed by atoms with Crippen LogP contribution in [-0.4, -0.2) is 11.9 Å². The molecule has 4 rings (SSSR count). The van der Waals surface area contributed by atoms with E-state index >= 15 is 0 Å². The van der Waals surface area contributed by atoms with Crippen molar-refractivity contribution in [2.75, 3.05) is 0 Å². The summed E-state index contributed by atoms with van der Waals surface area (Å²) in [5, 5.41) is 0. The fraction of sp³-hybridized carbons (Fsp3) is 0.962. The number of rotatable bonds is 6. The minimum Gasteiger partial charge on any atom is -0.349 e. The Morgan fingerprint density at radius 3 is 2.43 bits per heavy atom. The predicted molar refractivity (Wildman–Crippen MR) is 136 cm³/mol. The molecule has 0 amide bonds. The summed E-state index contributed by atoms with van der Waals surface area (Å²) < 4.78 is 6.09. The molecule has 4 fully saturated rings. The molecule has 172 valence electrons. The number of halogens is 1. The summed E-state index contributed by atoms with van der Waals surface area (Å²) in [7, 11) is 0. The summed E-state index contributed by atoms with van der Waals surface area (Å²) in [6.45, 7) is 12.8. The first kappa shape index (κ1) is 23.9. The number of carbonyl (C=O) groups is 1. The topological polar surface area (TPSA) is 26.3 Å². The van der Waals surface area contributed by atoms with Crippen molar-refractivity contribution >= 4 is 34.3 Å². The molecule has 4 heteroatoms. The van der Waals surface area contributed by atoms with Gasteiger partial charge in [-0.15, -0.1) is 0 Å². The van der Waals surface area contributed by atoms with Crippen LogP contribution < -0.4 is 0 Å². The number of hydrogen-bond donors (Lipinski definition) is 0. The fourth-order valence-electron chi connectivity index (χ4n) is 9.42. The minimum atomic E-state index is 0.273. The van der Waals surface area contributed by atoms with Gasteiger partial charge in [0.05, 0.1) is 12.6 Å². The number of hydrogen-bond acceptors (Lipinski definition) is 2. The molecule has 0 spiro atoms. The van der Waals surface area contributed by atoms with Crippen LogP contribution in [0.3, 0.4) is 0 Å². The standard InChI is InChI=1S/C26H44IO2P/c1-6-8-16(3)19-9-10-20-23-21(12-14-25(19,20)4)26(5)13-11-17(29-30-27)15-22(26)18(7-2)24(23)28/h16-23,30H,6-15H2,1-5H3/t16-,17-,18-,19?,20?,21?,22?,23?,25?,26?/m1/s1. The van der Waals surface area contributed by atoms with E-state index < -0.39 is 0 Å². The van der Waals surface area contributed by atoms with Crippen LogP contribution in [0.15, 0.2) is 0 Å². The van der Waals surface area contributed by atoms with Crippen molar-refractivity contribution in [3.05, 3.63) is 0 Å². The SMILES string of the molecule is CCC[C@@H](C)C1CCC2C3C(=O)[C@H](CC)C4C[C@H](OPI)CCC4(C)C3CCC21C. The smallest absolute Gasteiger partial charge is 0.139 e. The van der Waals surface area contributed by atoms with Gasteiger partial charge in [-0.2, -0.15) is 0 Å². The van der Waals surface area contributed by atoms with Gasteiger partial charge in [-0.1, -0.05) is 47.5 Å². The van der Waals surface area contributed by atoms with Gasteiger partial charge in [0.25, 0.3) is 0 Å². The lowest BCUT2D eigenvalue weighted by Crippen LogP contribution is -2.60. The number of Topliss-reactive ketones (excluding diaryl/α,β-unsaturated/α-hetero) is 1. The summed E-state index contributed by atoms with van der Waals surface area (Å²) in [6.07, 6.45) is 13.0. The van der Waals surface area contributed by atoms with Crippen LogP contribution in [0.5, 0.6) is 0 Å². The Labute approximate surface area is 200 Å². The highest BCUT2D eigenvalue weighted by molar-refractivity contribution is 14.2. The summed E-state index contributed by atoms with van der Waals surface area (Å²) in [4.78, 5) is 14.1. The lowest BCUT2D eigenvalue weighted by molar-refractivity contribution is -0.172. The molecule has 0 saturated heterocycles. The third kappa shape index (κ3) is 3.67. The molecule has 0 N–H and O–H groups in total. The van der Waals surface area contributed by atoms with Crippen molar-refractivity contribution in [3.63, 3.8) is 0 Å². The van der Waals surface area contributed by atoms with Crippen LogP contribution in [0.25, 0.3) is 0 Å². The molecule has 0 heterocycles. The van der Waals surface area contributed by atoms with Gasteiger partial charge in [0.15, 0.2) is 0 Å². The lowest BCUT2D eigenvalue weighted by Gasteiger charge is -2.62. The molecule has 0 bridgehead atoms. The third-order valence-electron chi connectivity index (χ3n) is 10.8. The van der Waals surface area contributed by atoms with Crippen LogP contribution in [0, 0.1) is 52.3 Å². The Kier molecular flexibility index (Phi) is 7.34. The van der Waals surface area contributed by atoms with E-state index in [0.717, 1.165) is 24.7 Å². The first-order valence-electron chi connectivity index (χ1n) is 12.9. The van der Waals surface area contributed by atoms with E-state index in [1.54, 1.807) is 0 Å². The van der Waals surface area contributed by atoms with Crippen molar-refractivity contribution in [2.45, 2.75) is 105 Å². The van der Waals surface area contributed by atoms with E-state index in [2.05, 4.69) is 56.7 Å². The molecular weight excluding hydrogens is 502 g/mol. The first-order chi connectivity index (χ1) is 14.3. The monoisotopic (exact) mass is 546 g/mol. The predicted octanol–water partition coefficient (Wildman–Crippen LogP) is 8.23. The molecule has 4 aliphatic rings. The Morgan fingerprint density at radius 2 is 1.77 bits per heavy atom. The third-order valence-corrected chi connectivity index (χ3v) is 12.0. The Bertz CT molecular complexity index is 641. The molecule has 0 aromatic carbocycles. The van der Waals surface area contributed by atoms with Crippen molar-refractivity contribution in [1.29, 1.82) is 0 Å². The number of ketones is 1. The maximum absolute atomic E-state index is 14.1. The molecule has 0 radical (unpaired) electrons. The average molecular weight is 547 g/mol. The largest absolute Gasteiger partial charge is 0.349 e. The summed E-state index contributed by atoms with van der Waals surface area (Å²) in [5.41, 5.74) is 0.748. The Hall–Kier alpha value is 0.790. The van der Waals surface area contributed by atoms with Crippen molar-refractivity contribution in [3.8, 4) is 0 Å². The van der Waals surface area contributed by atoms with Gasteiger partial charge >= 0.3 is 0 Å². The molecule has 30 heavy (non-hydrogen) atoms. The molecular formula is C26H44IO2P. The highest BCUT2D eigenvalue weighted by atomic mass is 127. The second-order valence-electron chi connectivity index (χ2n) is 11.9. The molecule has 0 aliphatic heterocycles. The molecule has 8 unspecified atom stereocenters. The van der Waals surface area contributed by atoms with E-state index in [1.165, 1.54) is 51.4 Å². The van der Waals surface area contributed by atoms with E-state index in [9.17, 15) is 4.79 Å². The molecule has 0 aromatic heterocycles. The van der Waals surface area contributed by atoms with Gasteiger partial charge in [-0.05, 0) is 114 Å².